The molecule has 1 amide bonds. The molecule has 0 saturated carbocycles. The zero-order valence-corrected chi connectivity index (χ0v) is 11.5. The van der Waals surface area contributed by atoms with Crippen molar-refractivity contribution in [2.24, 2.45) is 0 Å². The van der Waals surface area contributed by atoms with Crippen molar-refractivity contribution in [1.29, 1.82) is 0 Å². The van der Waals surface area contributed by atoms with Gasteiger partial charge in [0.25, 0.3) is 5.91 Å². The first-order chi connectivity index (χ1) is 8.56. The second-order valence-electron chi connectivity index (χ2n) is 3.63. The van der Waals surface area contributed by atoms with Crippen LogP contribution in [0, 0.1) is 0 Å². The van der Waals surface area contributed by atoms with Gasteiger partial charge in [0.05, 0.1) is 5.02 Å². The highest BCUT2D eigenvalue weighted by atomic mass is 79.9. The third-order valence-corrected chi connectivity index (χ3v) is 3.10. The minimum Gasteiger partial charge on any atom is -0.506 e. The summed E-state index contributed by atoms with van der Waals surface area (Å²) in [6.45, 7) is 0. The topological polar surface area (TPSA) is 49.3 Å². The minimum absolute atomic E-state index is 0.0660. The Labute approximate surface area is 118 Å². The summed E-state index contributed by atoms with van der Waals surface area (Å²) in [6, 6.07) is 11.6. The molecule has 0 saturated heterocycles. The molecule has 0 aliphatic heterocycles. The van der Waals surface area contributed by atoms with Gasteiger partial charge in [-0.05, 0) is 30.3 Å². The molecule has 2 aromatic carbocycles. The number of hydrogen-bond acceptors (Lipinski definition) is 2. The number of halogens is 2. The molecule has 0 aliphatic carbocycles. The van der Waals surface area contributed by atoms with Gasteiger partial charge in [-0.3, -0.25) is 4.79 Å². The molecule has 0 bridgehead atoms. The van der Waals surface area contributed by atoms with Gasteiger partial charge in [-0.1, -0.05) is 33.6 Å². The highest BCUT2D eigenvalue weighted by Gasteiger charge is 2.07. The van der Waals surface area contributed by atoms with Crippen LogP contribution < -0.4 is 5.32 Å². The molecule has 0 aromatic heterocycles. The Kier molecular flexibility index (Phi) is 3.89. The van der Waals surface area contributed by atoms with Gasteiger partial charge in [0, 0.05) is 21.8 Å². The van der Waals surface area contributed by atoms with Crippen molar-refractivity contribution in [3.8, 4) is 5.75 Å². The molecule has 0 radical (unpaired) electrons. The van der Waals surface area contributed by atoms with E-state index in [2.05, 4.69) is 21.2 Å². The summed E-state index contributed by atoms with van der Waals surface area (Å²) in [5, 5.41) is 12.4. The Hall–Kier alpha value is -1.52. The molecule has 3 nitrogen and oxygen atoms in total. The normalized spacial score (nSPS) is 10.1. The second-order valence-corrected chi connectivity index (χ2v) is 4.95. The molecule has 18 heavy (non-hydrogen) atoms. The lowest BCUT2D eigenvalue weighted by atomic mass is 10.2. The van der Waals surface area contributed by atoms with E-state index >= 15 is 0 Å². The fourth-order valence-electron chi connectivity index (χ4n) is 1.42. The summed E-state index contributed by atoms with van der Waals surface area (Å²) < 4.78 is 0.828. The maximum atomic E-state index is 11.9. The van der Waals surface area contributed by atoms with Crippen molar-refractivity contribution < 1.29 is 9.90 Å². The SMILES string of the molecule is O=C(Nc1ccc(Cl)c(O)c1)c1cccc(Br)c1. The molecule has 0 spiro atoms. The molecular formula is C13H9BrClNO2. The number of phenolic OH excluding ortho intramolecular Hbond substituents is 1. The fourth-order valence-corrected chi connectivity index (χ4v) is 1.94. The number of amides is 1. The van der Waals surface area contributed by atoms with Crippen molar-refractivity contribution in [2.45, 2.75) is 0 Å². The van der Waals surface area contributed by atoms with Crippen LogP contribution in [0.3, 0.4) is 0 Å². The zero-order chi connectivity index (χ0) is 13.1. The van der Waals surface area contributed by atoms with Gasteiger partial charge >= 0.3 is 0 Å². The average molecular weight is 327 g/mol. The van der Waals surface area contributed by atoms with E-state index in [1.807, 2.05) is 6.07 Å². The lowest BCUT2D eigenvalue weighted by molar-refractivity contribution is 0.102. The predicted octanol–water partition coefficient (Wildman–Crippen LogP) is 4.06. The van der Waals surface area contributed by atoms with Crippen LogP contribution in [0.2, 0.25) is 5.02 Å². The third kappa shape index (κ3) is 3.03. The summed E-state index contributed by atoms with van der Waals surface area (Å²) in [6.07, 6.45) is 0. The molecule has 0 fully saturated rings. The van der Waals surface area contributed by atoms with Crippen LogP contribution in [0.5, 0.6) is 5.75 Å². The van der Waals surface area contributed by atoms with Crippen molar-refractivity contribution >= 4 is 39.1 Å². The molecule has 2 aromatic rings. The molecule has 2 N–H and O–H groups in total. The van der Waals surface area contributed by atoms with Crippen LogP contribution in [0.15, 0.2) is 46.9 Å². The van der Waals surface area contributed by atoms with E-state index in [1.54, 1.807) is 24.3 Å². The van der Waals surface area contributed by atoms with E-state index < -0.39 is 0 Å². The molecule has 0 atom stereocenters. The molecular weight excluding hydrogens is 318 g/mol. The lowest BCUT2D eigenvalue weighted by Gasteiger charge is -2.06. The number of nitrogens with one attached hydrogen (secondary N) is 1. The molecule has 0 heterocycles. The summed E-state index contributed by atoms with van der Waals surface area (Å²) in [5.74, 6) is -0.318. The lowest BCUT2D eigenvalue weighted by Crippen LogP contribution is -2.11. The number of anilines is 1. The quantitative estimate of drug-likeness (QED) is 0.874. The number of benzene rings is 2. The number of carbonyl (C=O) groups excluding carboxylic acids is 1. The van der Waals surface area contributed by atoms with Gasteiger partial charge in [0.1, 0.15) is 5.75 Å². The molecule has 0 aliphatic rings. The Morgan fingerprint density at radius 2 is 2.00 bits per heavy atom. The van der Waals surface area contributed by atoms with Gasteiger partial charge in [0.2, 0.25) is 0 Å². The van der Waals surface area contributed by atoms with Crippen LogP contribution in [0.4, 0.5) is 5.69 Å². The highest BCUT2D eigenvalue weighted by Crippen LogP contribution is 2.26. The number of aromatic hydroxyl groups is 1. The van der Waals surface area contributed by atoms with E-state index in [0.717, 1.165) is 4.47 Å². The average Bonchev–Trinajstić information content (AvgIpc) is 2.34. The van der Waals surface area contributed by atoms with E-state index in [0.29, 0.717) is 11.3 Å². The Bertz CT molecular complexity index is 601. The largest absolute Gasteiger partial charge is 0.506 e. The van der Waals surface area contributed by atoms with Crippen molar-refractivity contribution in [2.75, 3.05) is 5.32 Å². The van der Waals surface area contributed by atoms with Crippen molar-refractivity contribution in [3.63, 3.8) is 0 Å². The monoisotopic (exact) mass is 325 g/mol. The number of phenols is 1. The van der Waals surface area contributed by atoms with Crippen molar-refractivity contribution in [3.05, 3.63) is 57.5 Å². The Balaban J connectivity index is 2.18. The number of rotatable bonds is 2. The third-order valence-electron chi connectivity index (χ3n) is 2.29. The minimum atomic E-state index is -0.252. The highest BCUT2D eigenvalue weighted by molar-refractivity contribution is 9.10. The van der Waals surface area contributed by atoms with Gasteiger partial charge in [-0.2, -0.15) is 0 Å². The first-order valence-corrected chi connectivity index (χ1v) is 6.29. The summed E-state index contributed by atoms with van der Waals surface area (Å²) in [7, 11) is 0. The van der Waals surface area contributed by atoms with Gasteiger partial charge in [-0.25, -0.2) is 0 Å². The second kappa shape index (κ2) is 5.42. The molecule has 92 valence electrons. The molecule has 2 rings (SSSR count). The van der Waals surface area contributed by atoms with Gasteiger partial charge < -0.3 is 10.4 Å². The molecule has 5 heteroatoms. The van der Waals surface area contributed by atoms with Gasteiger partial charge in [-0.15, -0.1) is 0 Å². The fraction of sp³-hybridized carbons (Fsp3) is 0. The first-order valence-electron chi connectivity index (χ1n) is 5.12. The van der Waals surface area contributed by atoms with Crippen LogP contribution >= 0.6 is 27.5 Å². The van der Waals surface area contributed by atoms with Gasteiger partial charge in [0.15, 0.2) is 0 Å². The van der Waals surface area contributed by atoms with E-state index in [9.17, 15) is 9.90 Å². The van der Waals surface area contributed by atoms with E-state index in [-0.39, 0.29) is 16.7 Å². The maximum absolute atomic E-state index is 11.9. The van der Waals surface area contributed by atoms with Crippen LogP contribution in [-0.2, 0) is 0 Å². The van der Waals surface area contributed by atoms with Crippen LogP contribution in [-0.4, -0.2) is 11.0 Å². The first kappa shape index (κ1) is 12.9. The van der Waals surface area contributed by atoms with Crippen molar-refractivity contribution in [1.82, 2.24) is 0 Å². The van der Waals surface area contributed by atoms with E-state index in [1.165, 1.54) is 12.1 Å². The summed E-state index contributed by atoms with van der Waals surface area (Å²) >= 11 is 8.99. The maximum Gasteiger partial charge on any atom is 0.255 e. The standard InChI is InChI=1S/C13H9BrClNO2/c14-9-3-1-2-8(6-9)13(18)16-10-4-5-11(15)12(17)7-10/h1-7,17H,(H,16,18). The van der Waals surface area contributed by atoms with Crippen LogP contribution in [0.25, 0.3) is 0 Å². The zero-order valence-electron chi connectivity index (χ0n) is 9.15. The number of hydrogen-bond donors (Lipinski definition) is 2. The smallest absolute Gasteiger partial charge is 0.255 e. The molecule has 0 unspecified atom stereocenters. The summed E-state index contributed by atoms with van der Waals surface area (Å²) in [5.41, 5.74) is 1.01. The van der Waals surface area contributed by atoms with Crippen LogP contribution in [0.1, 0.15) is 10.4 Å². The summed E-state index contributed by atoms with van der Waals surface area (Å²) in [4.78, 5) is 11.9. The van der Waals surface area contributed by atoms with E-state index in [4.69, 9.17) is 11.6 Å². The predicted molar refractivity (Wildman–Crippen MR) is 75.2 cm³/mol. The Morgan fingerprint density at radius 1 is 1.22 bits per heavy atom. The Morgan fingerprint density at radius 3 is 2.67 bits per heavy atom. The number of carbonyl (C=O) groups is 1.